The van der Waals surface area contributed by atoms with E-state index in [1.54, 1.807) is 23.9 Å². The van der Waals surface area contributed by atoms with Crippen LogP contribution in [0.1, 0.15) is 35.6 Å². The Morgan fingerprint density at radius 2 is 1.97 bits per heavy atom. The third-order valence-electron chi connectivity index (χ3n) is 6.72. The molecule has 1 saturated carbocycles. The van der Waals surface area contributed by atoms with Crippen molar-refractivity contribution < 1.29 is 17.6 Å². The zero-order chi connectivity index (χ0) is 22.5. The minimum absolute atomic E-state index is 0. The van der Waals surface area contributed by atoms with Gasteiger partial charge in [-0.15, -0.1) is 22.6 Å². The lowest BCUT2D eigenvalue weighted by molar-refractivity contribution is -0.137. The van der Waals surface area contributed by atoms with Crippen LogP contribution in [-0.2, 0) is 13.2 Å². The summed E-state index contributed by atoms with van der Waals surface area (Å²) in [6, 6.07) is 5.73. The van der Waals surface area contributed by atoms with E-state index in [9.17, 15) is 13.2 Å². The molecular weight excluding hydrogens is 475 g/mol. The number of aryl methyl sites for hydroxylation is 1. The number of rotatable bonds is 6. The number of alkyl halides is 3. The Morgan fingerprint density at radius 1 is 1.21 bits per heavy atom. The van der Waals surface area contributed by atoms with E-state index < -0.39 is 11.7 Å². The number of nitrogens with zero attached hydrogens (tertiary/aromatic N) is 5. The van der Waals surface area contributed by atoms with Crippen molar-refractivity contribution >= 4 is 24.2 Å². The van der Waals surface area contributed by atoms with Crippen molar-refractivity contribution in [2.24, 2.45) is 12.5 Å². The van der Waals surface area contributed by atoms with Gasteiger partial charge in [0.15, 0.2) is 17.3 Å². The van der Waals surface area contributed by atoms with E-state index in [-0.39, 0.29) is 17.8 Å². The van der Waals surface area contributed by atoms with Crippen LogP contribution in [-0.4, -0.2) is 50.0 Å². The number of aromatic nitrogens is 4. The standard InChI is InChI=1S/C22H24F3N5OS.ClH/c1-14-18(31-13-26-14)19-27-28-20(29(19)2)32-10-9-30-8-7-21(12-30)11-17(21)15-3-5-16(6-4-15)22(23,24)25;/h3-6,13,17H,7-12H2,1-2H3;1H/t17-,21+;/m1./s1. The Bertz CT molecular complexity index is 1120. The van der Waals surface area contributed by atoms with Crippen LogP contribution in [0.5, 0.6) is 0 Å². The molecule has 6 nitrogen and oxygen atoms in total. The van der Waals surface area contributed by atoms with Crippen molar-refractivity contribution in [1.29, 1.82) is 0 Å². The highest BCUT2D eigenvalue weighted by Gasteiger charge is 2.57. The van der Waals surface area contributed by atoms with E-state index >= 15 is 0 Å². The maximum Gasteiger partial charge on any atom is 0.416 e. The second-order valence-corrected chi connectivity index (χ2v) is 9.81. The van der Waals surface area contributed by atoms with Crippen molar-refractivity contribution in [1.82, 2.24) is 24.6 Å². The lowest BCUT2D eigenvalue weighted by Crippen LogP contribution is -2.24. The second kappa shape index (κ2) is 8.96. The fraction of sp³-hybridized carbons (Fsp3) is 0.500. The average Bonchev–Trinajstić information content (AvgIpc) is 3.02. The summed E-state index contributed by atoms with van der Waals surface area (Å²) in [7, 11) is 1.92. The van der Waals surface area contributed by atoms with Gasteiger partial charge in [-0.25, -0.2) is 4.98 Å². The van der Waals surface area contributed by atoms with Crippen LogP contribution in [0.25, 0.3) is 11.6 Å². The van der Waals surface area contributed by atoms with Gasteiger partial charge in [-0.3, -0.25) is 0 Å². The number of benzene rings is 1. The van der Waals surface area contributed by atoms with Gasteiger partial charge in [-0.05, 0) is 55.3 Å². The number of thioether (sulfide) groups is 1. The van der Waals surface area contributed by atoms with Crippen molar-refractivity contribution in [2.45, 2.75) is 37.0 Å². The lowest BCUT2D eigenvalue weighted by atomic mass is 9.97. The smallest absolute Gasteiger partial charge is 0.416 e. The molecule has 2 aliphatic rings. The van der Waals surface area contributed by atoms with E-state index in [1.807, 2.05) is 18.5 Å². The number of oxazole rings is 1. The molecule has 1 aromatic carbocycles. The first-order chi connectivity index (χ1) is 15.3. The third-order valence-corrected chi connectivity index (χ3v) is 7.72. The molecule has 0 unspecified atom stereocenters. The predicted molar refractivity (Wildman–Crippen MR) is 122 cm³/mol. The topological polar surface area (TPSA) is 60.0 Å². The van der Waals surface area contributed by atoms with Gasteiger partial charge in [0.25, 0.3) is 0 Å². The zero-order valence-electron chi connectivity index (χ0n) is 18.3. The van der Waals surface area contributed by atoms with Crippen LogP contribution in [0.15, 0.2) is 40.2 Å². The molecule has 3 aromatic rings. The summed E-state index contributed by atoms with van der Waals surface area (Å²) in [4.78, 5) is 6.56. The number of hydrogen-bond acceptors (Lipinski definition) is 6. The molecule has 2 aromatic heterocycles. The van der Waals surface area contributed by atoms with Gasteiger partial charge >= 0.3 is 6.18 Å². The molecule has 1 spiro atoms. The summed E-state index contributed by atoms with van der Waals surface area (Å²) in [5.74, 6) is 2.56. The third kappa shape index (κ3) is 4.65. The van der Waals surface area contributed by atoms with Gasteiger partial charge in [0, 0.05) is 25.9 Å². The Labute approximate surface area is 200 Å². The minimum atomic E-state index is -4.28. The van der Waals surface area contributed by atoms with E-state index in [1.165, 1.54) is 18.5 Å². The molecule has 1 aliphatic heterocycles. The van der Waals surface area contributed by atoms with E-state index in [0.717, 1.165) is 54.6 Å². The number of likely N-dealkylation sites (tertiary alicyclic amines) is 1. The fourth-order valence-corrected chi connectivity index (χ4v) is 5.68. The van der Waals surface area contributed by atoms with Crippen molar-refractivity contribution in [3.05, 3.63) is 47.5 Å². The number of halogens is 4. The molecule has 5 rings (SSSR count). The normalized spacial score (nSPS) is 22.6. The summed E-state index contributed by atoms with van der Waals surface area (Å²) >= 11 is 1.66. The molecule has 1 aliphatic carbocycles. The van der Waals surface area contributed by atoms with E-state index in [2.05, 4.69) is 20.1 Å². The highest BCUT2D eigenvalue weighted by Crippen LogP contribution is 2.64. The Morgan fingerprint density at radius 3 is 2.64 bits per heavy atom. The van der Waals surface area contributed by atoms with Gasteiger partial charge in [0.05, 0.1) is 11.3 Å². The van der Waals surface area contributed by atoms with Crippen LogP contribution in [0.4, 0.5) is 13.2 Å². The molecule has 1 saturated heterocycles. The van der Waals surface area contributed by atoms with Crippen LogP contribution in [0, 0.1) is 12.3 Å². The van der Waals surface area contributed by atoms with E-state index in [4.69, 9.17) is 4.42 Å². The summed E-state index contributed by atoms with van der Waals surface area (Å²) in [6.07, 6.45) is -0.711. The molecule has 2 atom stereocenters. The molecule has 0 radical (unpaired) electrons. The van der Waals surface area contributed by atoms with Gasteiger partial charge < -0.3 is 13.9 Å². The second-order valence-electron chi connectivity index (χ2n) is 8.75. The lowest BCUT2D eigenvalue weighted by Gasteiger charge is -2.16. The molecule has 11 heteroatoms. The summed E-state index contributed by atoms with van der Waals surface area (Å²) in [5, 5.41) is 9.36. The van der Waals surface area contributed by atoms with Crippen molar-refractivity contribution in [3.63, 3.8) is 0 Å². The maximum atomic E-state index is 12.8. The Kier molecular flexibility index (Phi) is 6.54. The first-order valence-corrected chi connectivity index (χ1v) is 11.6. The Balaban J connectivity index is 0.00000259. The molecule has 33 heavy (non-hydrogen) atoms. The first-order valence-electron chi connectivity index (χ1n) is 10.6. The highest BCUT2D eigenvalue weighted by molar-refractivity contribution is 7.99. The summed E-state index contributed by atoms with van der Waals surface area (Å²) < 4.78 is 45.8. The van der Waals surface area contributed by atoms with Gasteiger partial charge in [0.1, 0.15) is 0 Å². The molecule has 0 N–H and O–H groups in total. The minimum Gasteiger partial charge on any atom is -0.440 e. The summed E-state index contributed by atoms with van der Waals surface area (Å²) in [6.45, 7) is 4.84. The first kappa shape index (κ1) is 24.1. The van der Waals surface area contributed by atoms with Gasteiger partial charge in [-0.2, -0.15) is 13.2 Å². The molecule has 0 bridgehead atoms. The van der Waals surface area contributed by atoms with Crippen LogP contribution in [0.3, 0.4) is 0 Å². The SMILES string of the molecule is Cc1ncoc1-c1nnc(SCCN2CC[C@]3(C[C@@H]3c3ccc(C(F)(F)F)cc3)C2)n1C.Cl. The molecule has 0 amide bonds. The monoisotopic (exact) mass is 499 g/mol. The van der Waals surface area contributed by atoms with Crippen molar-refractivity contribution in [3.8, 4) is 11.6 Å². The maximum absolute atomic E-state index is 12.8. The van der Waals surface area contributed by atoms with Crippen LogP contribution < -0.4 is 0 Å². The molecule has 3 heterocycles. The summed E-state index contributed by atoms with van der Waals surface area (Å²) in [5.41, 5.74) is 1.47. The molecular formula is C22H25ClF3N5OS. The van der Waals surface area contributed by atoms with Gasteiger partial charge in [-0.1, -0.05) is 23.9 Å². The average molecular weight is 500 g/mol. The van der Waals surface area contributed by atoms with Crippen molar-refractivity contribution in [2.75, 3.05) is 25.4 Å². The molecule has 178 valence electrons. The fourth-order valence-electron chi connectivity index (χ4n) is 4.77. The predicted octanol–water partition coefficient (Wildman–Crippen LogP) is 5.19. The van der Waals surface area contributed by atoms with Crippen LogP contribution in [0.2, 0.25) is 0 Å². The molecule has 2 fully saturated rings. The highest BCUT2D eigenvalue weighted by atomic mass is 35.5. The quantitative estimate of drug-likeness (QED) is 0.435. The van der Waals surface area contributed by atoms with Crippen LogP contribution >= 0.6 is 24.2 Å². The van der Waals surface area contributed by atoms with E-state index in [0.29, 0.717) is 17.5 Å². The van der Waals surface area contributed by atoms with Gasteiger partial charge in [0.2, 0.25) is 5.82 Å². The number of hydrogen-bond donors (Lipinski definition) is 0. The zero-order valence-corrected chi connectivity index (χ0v) is 19.9. The largest absolute Gasteiger partial charge is 0.440 e. The Hall–Kier alpha value is -2.04.